The molecule has 0 aliphatic rings. The van der Waals surface area contributed by atoms with Gasteiger partial charge in [-0.05, 0) is 29.8 Å². The Hall–Kier alpha value is -1.75. The van der Waals surface area contributed by atoms with Crippen LogP contribution in [0.25, 0.3) is 0 Å². The van der Waals surface area contributed by atoms with Crippen LogP contribution in [0, 0.1) is 0 Å². The van der Waals surface area contributed by atoms with Crippen LogP contribution in [0.15, 0.2) is 36.4 Å². The van der Waals surface area contributed by atoms with Crippen molar-refractivity contribution < 1.29 is 19.7 Å². The second kappa shape index (κ2) is 6.61. The minimum atomic E-state index is -0.149. The third kappa shape index (κ3) is 3.22. The Morgan fingerprint density at radius 2 is 1.75 bits per heavy atom. The lowest BCUT2D eigenvalue weighted by molar-refractivity contribution is 0.275. The number of hydrogen-bond acceptors (Lipinski definition) is 4. The molecule has 0 amide bonds. The summed E-state index contributed by atoms with van der Waals surface area (Å²) >= 11 is 5.94. The van der Waals surface area contributed by atoms with E-state index < -0.39 is 0 Å². The molecule has 0 aliphatic carbocycles. The second-order valence-electron chi connectivity index (χ2n) is 4.16. The third-order valence-corrected chi connectivity index (χ3v) is 3.07. The van der Waals surface area contributed by atoms with Crippen molar-refractivity contribution in [3.63, 3.8) is 0 Å². The van der Waals surface area contributed by atoms with Gasteiger partial charge in [0.25, 0.3) is 0 Å². The normalized spacial score (nSPS) is 10.4. The highest BCUT2D eigenvalue weighted by Crippen LogP contribution is 2.35. The quantitative estimate of drug-likeness (QED) is 0.889. The fourth-order valence-electron chi connectivity index (χ4n) is 1.77. The van der Waals surface area contributed by atoms with Crippen LogP contribution in [0.2, 0.25) is 5.02 Å². The van der Waals surface area contributed by atoms with Crippen molar-refractivity contribution in [2.75, 3.05) is 7.11 Å². The molecule has 5 heteroatoms. The van der Waals surface area contributed by atoms with E-state index in [-0.39, 0.29) is 13.2 Å². The van der Waals surface area contributed by atoms with E-state index >= 15 is 0 Å². The summed E-state index contributed by atoms with van der Waals surface area (Å²) in [6.45, 7) is -0.223. The number of ether oxygens (including phenoxy) is 2. The topological polar surface area (TPSA) is 58.9 Å². The van der Waals surface area contributed by atoms with Gasteiger partial charge < -0.3 is 19.7 Å². The fraction of sp³-hybridized carbons (Fsp3) is 0.200. The average molecular weight is 295 g/mol. The van der Waals surface area contributed by atoms with Crippen LogP contribution in [0.3, 0.4) is 0 Å². The smallest absolute Gasteiger partial charge is 0.169 e. The number of aliphatic hydroxyl groups is 2. The van der Waals surface area contributed by atoms with E-state index in [1.807, 2.05) is 0 Å². The summed E-state index contributed by atoms with van der Waals surface area (Å²) in [6, 6.07) is 10.1. The first kappa shape index (κ1) is 14.7. The van der Waals surface area contributed by atoms with E-state index in [9.17, 15) is 5.11 Å². The zero-order valence-corrected chi connectivity index (χ0v) is 11.7. The summed E-state index contributed by atoms with van der Waals surface area (Å²) < 4.78 is 11.0. The molecule has 0 unspecified atom stereocenters. The summed E-state index contributed by atoms with van der Waals surface area (Å²) in [5.41, 5.74) is 1.35. The van der Waals surface area contributed by atoms with Gasteiger partial charge >= 0.3 is 0 Å². The van der Waals surface area contributed by atoms with Crippen molar-refractivity contribution in [2.24, 2.45) is 0 Å². The minimum Gasteiger partial charge on any atom is -0.493 e. The molecule has 106 valence electrons. The molecule has 20 heavy (non-hydrogen) atoms. The molecule has 0 bridgehead atoms. The Kier molecular flexibility index (Phi) is 4.84. The van der Waals surface area contributed by atoms with Crippen molar-refractivity contribution in [1.82, 2.24) is 0 Å². The lowest BCUT2D eigenvalue weighted by Crippen LogP contribution is -1.95. The van der Waals surface area contributed by atoms with Crippen LogP contribution >= 0.6 is 11.6 Å². The Bertz CT molecular complexity index is 598. The molecule has 2 N–H and O–H groups in total. The summed E-state index contributed by atoms with van der Waals surface area (Å²) in [5, 5.41) is 18.9. The van der Waals surface area contributed by atoms with Gasteiger partial charge in [-0.3, -0.25) is 0 Å². The van der Waals surface area contributed by atoms with Crippen LogP contribution in [-0.2, 0) is 13.2 Å². The van der Waals surface area contributed by atoms with Gasteiger partial charge in [0.15, 0.2) is 11.5 Å². The van der Waals surface area contributed by atoms with E-state index in [0.717, 1.165) is 5.56 Å². The van der Waals surface area contributed by atoms with E-state index in [4.69, 9.17) is 26.2 Å². The van der Waals surface area contributed by atoms with Gasteiger partial charge in [-0.2, -0.15) is 0 Å². The highest BCUT2D eigenvalue weighted by molar-refractivity contribution is 6.30. The zero-order valence-electron chi connectivity index (χ0n) is 11.0. The van der Waals surface area contributed by atoms with E-state index in [2.05, 4.69) is 0 Å². The summed E-state index contributed by atoms with van der Waals surface area (Å²) in [6.07, 6.45) is 0. The van der Waals surface area contributed by atoms with Gasteiger partial charge in [-0.25, -0.2) is 0 Å². The SMILES string of the molecule is COc1cc(CO)ccc1Oc1cc(Cl)ccc1CO. The molecule has 4 nitrogen and oxygen atoms in total. The molecule has 0 saturated heterocycles. The first-order chi connectivity index (χ1) is 9.67. The lowest BCUT2D eigenvalue weighted by atomic mass is 10.2. The molecule has 0 aliphatic heterocycles. The van der Waals surface area contributed by atoms with Gasteiger partial charge in [-0.1, -0.05) is 23.7 Å². The van der Waals surface area contributed by atoms with Crippen LogP contribution in [0.5, 0.6) is 17.2 Å². The van der Waals surface area contributed by atoms with Gasteiger partial charge in [-0.15, -0.1) is 0 Å². The van der Waals surface area contributed by atoms with Crippen LogP contribution in [-0.4, -0.2) is 17.3 Å². The molecule has 0 heterocycles. The molecular weight excluding hydrogens is 280 g/mol. The van der Waals surface area contributed by atoms with Gasteiger partial charge in [0.05, 0.1) is 20.3 Å². The highest BCUT2D eigenvalue weighted by Gasteiger charge is 2.10. The average Bonchev–Trinajstić information content (AvgIpc) is 2.48. The van der Waals surface area contributed by atoms with Crippen molar-refractivity contribution in [2.45, 2.75) is 13.2 Å². The van der Waals surface area contributed by atoms with Crippen molar-refractivity contribution in [3.05, 3.63) is 52.5 Å². The molecule has 2 rings (SSSR count). The minimum absolute atomic E-state index is 0.0737. The summed E-state index contributed by atoms with van der Waals surface area (Å²) in [4.78, 5) is 0. The number of aliphatic hydroxyl groups excluding tert-OH is 2. The Morgan fingerprint density at radius 3 is 2.40 bits per heavy atom. The van der Waals surface area contributed by atoms with Crippen LogP contribution < -0.4 is 9.47 Å². The predicted octanol–water partition coefficient (Wildman–Crippen LogP) is 3.13. The first-order valence-corrected chi connectivity index (χ1v) is 6.40. The molecule has 0 atom stereocenters. The van der Waals surface area contributed by atoms with E-state index in [0.29, 0.717) is 27.8 Å². The standard InChI is InChI=1S/C15H15ClO4/c1-19-15-6-10(8-17)2-5-13(15)20-14-7-12(16)4-3-11(14)9-18/h2-7,17-18H,8-9H2,1H3. The highest BCUT2D eigenvalue weighted by atomic mass is 35.5. The Labute approximate surface area is 122 Å². The number of hydrogen-bond donors (Lipinski definition) is 2. The molecule has 0 saturated carbocycles. The largest absolute Gasteiger partial charge is 0.493 e. The van der Waals surface area contributed by atoms with Crippen molar-refractivity contribution >= 4 is 11.6 Å². The van der Waals surface area contributed by atoms with E-state index in [1.165, 1.54) is 7.11 Å². The molecular formula is C15H15ClO4. The molecule has 2 aromatic rings. The Balaban J connectivity index is 2.36. The van der Waals surface area contributed by atoms with Gasteiger partial charge in [0.2, 0.25) is 0 Å². The monoisotopic (exact) mass is 294 g/mol. The predicted molar refractivity (Wildman–Crippen MR) is 76.4 cm³/mol. The maximum Gasteiger partial charge on any atom is 0.169 e. The second-order valence-corrected chi connectivity index (χ2v) is 4.59. The van der Waals surface area contributed by atoms with Gasteiger partial charge in [0.1, 0.15) is 5.75 Å². The maximum atomic E-state index is 9.31. The lowest BCUT2D eigenvalue weighted by Gasteiger charge is -2.13. The summed E-state index contributed by atoms with van der Waals surface area (Å²) in [5.74, 6) is 1.46. The van der Waals surface area contributed by atoms with Crippen molar-refractivity contribution in [1.29, 1.82) is 0 Å². The molecule has 0 radical (unpaired) electrons. The number of methoxy groups -OCH3 is 1. The van der Waals surface area contributed by atoms with Crippen LogP contribution in [0.4, 0.5) is 0 Å². The number of halogens is 1. The molecule has 0 spiro atoms. The molecule has 0 aromatic heterocycles. The molecule has 0 fully saturated rings. The number of rotatable bonds is 5. The fourth-order valence-corrected chi connectivity index (χ4v) is 1.93. The first-order valence-electron chi connectivity index (χ1n) is 6.03. The maximum absolute atomic E-state index is 9.31. The number of benzene rings is 2. The zero-order chi connectivity index (χ0) is 14.5. The third-order valence-electron chi connectivity index (χ3n) is 2.83. The Morgan fingerprint density at radius 1 is 0.950 bits per heavy atom. The van der Waals surface area contributed by atoms with Gasteiger partial charge in [0, 0.05) is 10.6 Å². The summed E-state index contributed by atoms with van der Waals surface area (Å²) in [7, 11) is 1.52. The van der Waals surface area contributed by atoms with Crippen molar-refractivity contribution in [3.8, 4) is 17.2 Å². The van der Waals surface area contributed by atoms with E-state index in [1.54, 1.807) is 36.4 Å². The molecule has 2 aromatic carbocycles. The van der Waals surface area contributed by atoms with Crippen LogP contribution in [0.1, 0.15) is 11.1 Å².